The van der Waals surface area contributed by atoms with Crippen molar-refractivity contribution in [3.8, 4) is 5.75 Å². The van der Waals surface area contributed by atoms with Gasteiger partial charge in [-0.2, -0.15) is 0 Å². The van der Waals surface area contributed by atoms with Gasteiger partial charge >= 0.3 is 17.6 Å². The summed E-state index contributed by atoms with van der Waals surface area (Å²) in [6.45, 7) is 1.87. The van der Waals surface area contributed by atoms with Crippen molar-refractivity contribution < 1.29 is 42.4 Å². The lowest BCUT2D eigenvalue weighted by Gasteiger charge is -2.48. The van der Waals surface area contributed by atoms with E-state index in [0.717, 1.165) is 16.5 Å². The first-order chi connectivity index (χ1) is 22.9. The van der Waals surface area contributed by atoms with E-state index in [1.54, 1.807) is 85.8 Å². The molecule has 10 nitrogen and oxygen atoms in total. The van der Waals surface area contributed by atoms with Crippen molar-refractivity contribution >= 4 is 22.9 Å². The normalized spacial score (nSPS) is 23.8. The molecule has 0 bridgehead atoms. The fourth-order valence-corrected chi connectivity index (χ4v) is 5.72. The summed E-state index contributed by atoms with van der Waals surface area (Å²) in [5, 5.41) is 0.726. The molecule has 0 radical (unpaired) electrons. The smallest absolute Gasteiger partial charge is 0.338 e. The van der Waals surface area contributed by atoms with Gasteiger partial charge in [0.25, 0.3) is 0 Å². The van der Waals surface area contributed by atoms with Crippen molar-refractivity contribution in [2.75, 3.05) is 6.61 Å². The topological polar surface area (TPSA) is 120 Å². The molecule has 4 aromatic carbocycles. The van der Waals surface area contributed by atoms with E-state index >= 15 is 0 Å². The molecular weight excluding hydrogens is 604 g/mol. The van der Waals surface area contributed by atoms with Crippen molar-refractivity contribution in [1.29, 1.82) is 0 Å². The lowest BCUT2D eigenvalue weighted by atomic mass is 9.96. The molecule has 0 spiro atoms. The Morgan fingerprint density at radius 2 is 1.34 bits per heavy atom. The summed E-state index contributed by atoms with van der Waals surface area (Å²) >= 11 is 0. The van der Waals surface area contributed by atoms with Crippen LogP contribution in [0.2, 0.25) is 0 Å². The van der Waals surface area contributed by atoms with Crippen LogP contribution in [0.15, 0.2) is 124 Å². The molecule has 10 heteroatoms. The van der Waals surface area contributed by atoms with E-state index in [1.807, 2.05) is 30.3 Å². The summed E-state index contributed by atoms with van der Waals surface area (Å²) < 4.78 is 42.7. The standard InChI is InChI=1S/C37H30O10/c1-22-19-30(38)43-28-20-26(17-18-27(22)28)42-37-33(46-35(40)24-13-7-3-8-14-24)32(45-34(39)23-11-5-2-6-12-23)31-29(44-37)21-41-36(47-31)25-15-9-4-10-16-25/h2-20,29,31-33,36-37H,21H2,1H3/t29-,31+,32+,33-,36?,37-/m1/s1. The summed E-state index contributed by atoms with van der Waals surface area (Å²) in [4.78, 5) is 39.2. The second kappa shape index (κ2) is 13.2. The van der Waals surface area contributed by atoms with E-state index in [4.69, 9.17) is 32.8 Å². The van der Waals surface area contributed by atoms with Crippen LogP contribution < -0.4 is 10.4 Å². The van der Waals surface area contributed by atoms with E-state index in [0.29, 0.717) is 11.1 Å². The van der Waals surface area contributed by atoms with Crippen LogP contribution in [0, 0.1) is 6.92 Å². The summed E-state index contributed by atoms with van der Waals surface area (Å²) in [5.41, 5.74) is 1.87. The zero-order valence-electron chi connectivity index (χ0n) is 25.2. The van der Waals surface area contributed by atoms with Crippen molar-refractivity contribution in [1.82, 2.24) is 0 Å². The number of fused-ring (bicyclic) bond motifs is 2. The maximum Gasteiger partial charge on any atom is 0.338 e. The molecule has 238 valence electrons. The van der Waals surface area contributed by atoms with Gasteiger partial charge in [-0.25, -0.2) is 14.4 Å². The Morgan fingerprint density at radius 3 is 2.00 bits per heavy atom. The fourth-order valence-electron chi connectivity index (χ4n) is 5.72. The van der Waals surface area contributed by atoms with Gasteiger partial charge in [0.05, 0.1) is 17.7 Å². The lowest BCUT2D eigenvalue weighted by molar-refractivity contribution is -0.348. The molecule has 0 aliphatic carbocycles. The molecule has 0 saturated carbocycles. The third-order valence-corrected chi connectivity index (χ3v) is 8.04. The van der Waals surface area contributed by atoms with Gasteiger partial charge in [-0.15, -0.1) is 0 Å². The summed E-state index contributed by atoms with van der Waals surface area (Å²) in [5.74, 6) is -1.06. The molecule has 47 heavy (non-hydrogen) atoms. The number of benzene rings is 4. The van der Waals surface area contributed by atoms with Gasteiger partial charge in [0.1, 0.15) is 23.5 Å². The van der Waals surface area contributed by atoms with Crippen LogP contribution in [0.3, 0.4) is 0 Å². The molecule has 0 N–H and O–H groups in total. The van der Waals surface area contributed by atoms with Gasteiger partial charge in [0, 0.05) is 23.1 Å². The quantitative estimate of drug-likeness (QED) is 0.161. The van der Waals surface area contributed by atoms with Gasteiger partial charge in [-0.1, -0.05) is 66.7 Å². The Bertz CT molecular complexity index is 1930. The number of ether oxygens (including phenoxy) is 6. The van der Waals surface area contributed by atoms with Crippen molar-refractivity contribution in [3.05, 3.63) is 148 Å². The van der Waals surface area contributed by atoms with Crippen LogP contribution in [0.1, 0.15) is 38.1 Å². The molecular formula is C37H30O10. The van der Waals surface area contributed by atoms with E-state index in [1.165, 1.54) is 6.07 Å². The van der Waals surface area contributed by atoms with Gasteiger partial charge in [0.2, 0.25) is 12.4 Å². The fraction of sp³-hybridized carbons (Fsp3) is 0.216. The number of aryl methyl sites for hydroxylation is 1. The lowest BCUT2D eigenvalue weighted by Crippen LogP contribution is -2.65. The molecule has 6 atom stereocenters. The second-order valence-corrected chi connectivity index (χ2v) is 11.2. The highest BCUT2D eigenvalue weighted by Crippen LogP contribution is 2.38. The Kier molecular flexibility index (Phi) is 8.54. The monoisotopic (exact) mass is 634 g/mol. The maximum absolute atomic E-state index is 13.5. The van der Waals surface area contributed by atoms with Gasteiger partial charge in [-0.3, -0.25) is 0 Å². The minimum atomic E-state index is -1.30. The van der Waals surface area contributed by atoms with E-state index < -0.39 is 54.6 Å². The molecule has 7 rings (SSSR count). The predicted octanol–water partition coefficient (Wildman–Crippen LogP) is 5.77. The molecule has 5 aromatic rings. The van der Waals surface area contributed by atoms with Gasteiger partial charge in [-0.05, 0) is 48.9 Å². The molecule has 2 aliphatic heterocycles. The SMILES string of the molecule is Cc1cc(=O)oc2cc(O[C@@H]3O[C@@H]4COC(c5ccccc5)O[C@@H]4[C@H](OC(=O)c4ccccc4)[C@H]3OC(=O)c3ccccc3)ccc12. The number of carbonyl (C=O) groups is 2. The zero-order valence-corrected chi connectivity index (χ0v) is 25.2. The highest BCUT2D eigenvalue weighted by Gasteiger charge is 2.55. The first-order valence-corrected chi connectivity index (χ1v) is 15.1. The predicted molar refractivity (Wildman–Crippen MR) is 168 cm³/mol. The Balaban J connectivity index is 1.27. The Hall–Kier alpha value is -5.29. The van der Waals surface area contributed by atoms with E-state index in [9.17, 15) is 14.4 Å². The molecule has 3 heterocycles. The van der Waals surface area contributed by atoms with Crippen LogP contribution in [0.25, 0.3) is 11.0 Å². The van der Waals surface area contributed by atoms with Gasteiger partial charge < -0.3 is 32.8 Å². The van der Waals surface area contributed by atoms with E-state index in [-0.39, 0.29) is 17.9 Å². The van der Waals surface area contributed by atoms with Crippen LogP contribution in [-0.4, -0.2) is 49.3 Å². The summed E-state index contributed by atoms with van der Waals surface area (Å²) in [7, 11) is 0. The van der Waals surface area contributed by atoms with Gasteiger partial charge in [0.15, 0.2) is 12.4 Å². The van der Waals surface area contributed by atoms with Crippen molar-refractivity contribution in [2.45, 2.75) is 43.9 Å². The van der Waals surface area contributed by atoms with Crippen LogP contribution in [-0.2, 0) is 23.7 Å². The van der Waals surface area contributed by atoms with E-state index in [2.05, 4.69) is 0 Å². The highest BCUT2D eigenvalue weighted by atomic mass is 16.8. The first-order valence-electron chi connectivity index (χ1n) is 15.1. The number of esters is 2. The summed E-state index contributed by atoms with van der Waals surface area (Å²) in [6, 6.07) is 32.6. The Labute approximate surface area is 269 Å². The van der Waals surface area contributed by atoms with Crippen LogP contribution >= 0.6 is 0 Å². The Morgan fingerprint density at radius 1 is 0.723 bits per heavy atom. The number of carbonyl (C=O) groups excluding carboxylic acids is 2. The van der Waals surface area contributed by atoms with Crippen molar-refractivity contribution in [3.63, 3.8) is 0 Å². The zero-order chi connectivity index (χ0) is 32.3. The third kappa shape index (κ3) is 6.52. The number of hydrogen-bond acceptors (Lipinski definition) is 10. The average molecular weight is 635 g/mol. The van der Waals surface area contributed by atoms with Crippen LogP contribution in [0.5, 0.6) is 5.75 Å². The molecule has 2 aliphatic rings. The highest BCUT2D eigenvalue weighted by molar-refractivity contribution is 5.90. The largest absolute Gasteiger partial charge is 0.461 e. The third-order valence-electron chi connectivity index (χ3n) is 8.04. The number of hydrogen-bond donors (Lipinski definition) is 0. The number of rotatable bonds is 7. The summed E-state index contributed by atoms with van der Waals surface area (Å²) in [6.07, 6.45) is -6.25. The molecule has 1 unspecified atom stereocenters. The first kappa shape index (κ1) is 30.4. The molecule has 1 aromatic heterocycles. The van der Waals surface area contributed by atoms with Crippen LogP contribution in [0.4, 0.5) is 0 Å². The molecule has 0 amide bonds. The maximum atomic E-state index is 13.5. The average Bonchev–Trinajstić information content (AvgIpc) is 3.10. The molecule has 2 fully saturated rings. The molecule has 2 saturated heterocycles. The second-order valence-electron chi connectivity index (χ2n) is 11.2. The minimum Gasteiger partial charge on any atom is -0.461 e. The van der Waals surface area contributed by atoms with Crippen molar-refractivity contribution in [2.24, 2.45) is 0 Å². The minimum absolute atomic E-state index is 0.0641.